The standard InChI is InChI=1S/C15H11ClN4S/c16-12-9-5-4-8-11(12)14-19-20-13(17-18-15(20)21-14)10-6-2-1-3-7-10/h1-9,14,19H/t14-/m1/s1. The zero-order chi connectivity index (χ0) is 14.2. The lowest BCUT2D eigenvalue weighted by Gasteiger charge is -2.13. The van der Waals surface area contributed by atoms with Gasteiger partial charge in [0.25, 0.3) is 0 Å². The van der Waals surface area contributed by atoms with Crippen LogP contribution < -0.4 is 5.43 Å². The van der Waals surface area contributed by atoms with Crippen LogP contribution in [-0.4, -0.2) is 14.9 Å². The first-order chi connectivity index (χ1) is 10.3. The molecule has 4 rings (SSSR count). The fraction of sp³-hybridized carbons (Fsp3) is 0.0667. The summed E-state index contributed by atoms with van der Waals surface area (Å²) >= 11 is 7.89. The van der Waals surface area contributed by atoms with Crippen LogP contribution in [0.4, 0.5) is 0 Å². The summed E-state index contributed by atoms with van der Waals surface area (Å²) in [5.74, 6) is 0.813. The van der Waals surface area contributed by atoms with E-state index in [1.807, 2.05) is 59.3 Å². The van der Waals surface area contributed by atoms with E-state index in [2.05, 4.69) is 15.6 Å². The minimum Gasteiger partial charge on any atom is -0.304 e. The summed E-state index contributed by atoms with van der Waals surface area (Å²) in [5, 5.41) is 10.2. The van der Waals surface area contributed by atoms with Gasteiger partial charge in [-0.25, -0.2) is 4.68 Å². The van der Waals surface area contributed by atoms with Crippen LogP contribution in [0.1, 0.15) is 10.9 Å². The molecule has 2 aromatic carbocycles. The maximum atomic E-state index is 6.27. The summed E-state index contributed by atoms with van der Waals surface area (Å²) in [6.07, 6.45) is 0. The van der Waals surface area contributed by atoms with Gasteiger partial charge in [-0.3, -0.25) is 0 Å². The summed E-state index contributed by atoms with van der Waals surface area (Å²) in [7, 11) is 0. The van der Waals surface area contributed by atoms with Gasteiger partial charge in [-0.1, -0.05) is 71.9 Å². The number of nitrogens with one attached hydrogen (secondary N) is 1. The van der Waals surface area contributed by atoms with E-state index in [0.717, 1.165) is 27.1 Å². The maximum Gasteiger partial charge on any atom is 0.212 e. The van der Waals surface area contributed by atoms with Gasteiger partial charge >= 0.3 is 0 Å². The summed E-state index contributed by atoms with van der Waals surface area (Å²) in [6, 6.07) is 17.8. The average Bonchev–Trinajstić information content (AvgIpc) is 3.08. The molecule has 0 fully saturated rings. The first-order valence-electron chi connectivity index (χ1n) is 6.51. The Hall–Kier alpha value is -1.98. The van der Waals surface area contributed by atoms with Crippen LogP contribution in [0, 0.1) is 0 Å². The van der Waals surface area contributed by atoms with E-state index in [1.165, 1.54) is 0 Å². The van der Waals surface area contributed by atoms with Crippen molar-refractivity contribution in [2.75, 3.05) is 5.43 Å². The van der Waals surface area contributed by atoms with Crippen LogP contribution in [0.3, 0.4) is 0 Å². The molecule has 0 amide bonds. The SMILES string of the molecule is Clc1ccccc1[C@@H]1Nn2c(nnc2-c2ccccc2)S1. The van der Waals surface area contributed by atoms with E-state index in [9.17, 15) is 0 Å². The van der Waals surface area contributed by atoms with Crippen molar-refractivity contribution >= 4 is 23.4 Å². The van der Waals surface area contributed by atoms with Gasteiger partial charge < -0.3 is 5.43 Å². The van der Waals surface area contributed by atoms with Crippen molar-refractivity contribution in [3.63, 3.8) is 0 Å². The van der Waals surface area contributed by atoms with E-state index < -0.39 is 0 Å². The van der Waals surface area contributed by atoms with E-state index in [-0.39, 0.29) is 5.37 Å². The number of aromatic nitrogens is 3. The van der Waals surface area contributed by atoms with Crippen molar-refractivity contribution in [1.29, 1.82) is 0 Å². The molecule has 2 heterocycles. The Balaban J connectivity index is 1.70. The number of benzene rings is 2. The third kappa shape index (κ3) is 2.18. The van der Waals surface area contributed by atoms with Gasteiger partial charge in [0.15, 0.2) is 5.82 Å². The second-order valence-corrected chi connectivity index (χ2v) is 6.14. The molecule has 1 aliphatic heterocycles. The van der Waals surface area contributed by atoms with Crippen molar-refractivity contribution in [3.8, 4) is 11.4 Å². The molecule has 4 nitrogen and oxygen atoms in total. The van der Waals surface area contributed by atoms with E-state index in [0.29, 0.717) is 0 Å². The molecule has 0 saturated heterocycles. The highest BCUT2D eigenvalue weighted by Crippen LogP contribution is 2.42. The molecule has 0 spiro atoms. The first kappa shape index (κ1) is 12.7. The molecule has 0 unspecified atom stereocenters. The van der Waals surface area contributed by atoms with Crippen LogP contribution in [0.15, 0.2) is 59.8 Å². The number of thioether (sulfide) groups is 1. The molecule has 6 heteroatoms. The molecular formula is C15H11ClN4S. The number of nitrogens with zero attached hydrogens (tertiary/aromatic N) is 3. The lowest BCUT2D eigenvalue weighted by molar-refractivity contribution is 0.792. The van der Waals surface area contributed by atoms with Gasteiger partial charge in [-0.15, -0.1) is 10.2 Å². The monoisotopic (exact) mass is 314 g/mol. The second-order valence-electron chi connectivity index (χ2n) is 4.66. The number of halogens is 1. The minimum absolute atomic E-state index is 0.0478. The van der Waals surface area contributed by atoms with Crippen LogP contribution in [0.25, 0.3) is 11.4 Å². The number of hydrogen-bond acceptors (Lipinski definition) is 4. The molecule has 1 N–H and O–H groups in total. The highest BCUT2D eigenvalue weighted by atomic mass is 35.5. The van der Waals surface area contributed by atoms with Crippen LogP contribution in [0.5, 0.6) is 0 Å². The van der Waals surface area contributed by atoms with E-state index >= 15 is 0 Å². The maximum absolute atomic E-state index is 6.27. The predicted octanol–water partition coefficient (Wildman–Crippen LogP) is 3.95. The fourth-order valence-electron chi connectivity index (χ4n) is 2.31. The van der Waals surface area contributed by atoms with Crippen molar-refractivity contribution in [2.24, 2.45) is 0 Å². The summed E-state index contributed by atoms with van der Waals surface area (Å²) in [5.41, 5.74) is 5.49. The first-order valence-corrected chi connectivity index (χ1v) is 7.77. The Morgan fingerprint density at radius 2 is 1.76 bits per heavy atom. The molecule has 0 aliphatic carbocycles. The highest BCUT2D eigenvalue weighted by molar-refractivity contribution is 7.99. The van der Waals surface area contributed by atoms with Crippen molar-refractivity contribution < 1.29 is 0 Å². The molecule has 0 bridgehead atoms. The molecule has 1 aromatic heterocycles. The molecule has 104 valence electrons. The van der Waals surface area contributed by atoms with Crippen LogP contribution >= 0.6 is 23.4 Å². The lowest BCUT2D eigenvalue weighted by Crippen LogP contribution is -2.14. The Labute approximate surface area is 131 Å². The Morgan fingerprint density at radius 1 is 1.00 bits per heavy atom. The Morgan fingerprint density at radius 3 is 2.57 bits per heavy atom. The quantitative estimate of drug-likeness (QED) is 0.778. The van der Waals surface area contributed by atoms with Gasteiger partial charge in [0, 0.05) is 16.1 Å². The average molecular weight is 315 g/mol. The van der Waals surface area contributed by atoms with Gasteiger partial charge in [-0.2, -0.15) is 0 Å². The van der Waals surface area contributed by atoms with Crippen LogP contribution in [-0.2, 0) is 0 Å². The van der Waals surface area contributed by atoms with Crippen molar-refractivity contribution in [3.05, 3.63) is 65.2 Å². The minimum atomic E-state index is 0.0478. The van der Waals surface area contributed by atoms with Crippen molar-refractivity contribution in [1.82, 2.24) is 14.9 Å². The number of rotatable bonds is 2. The molecule has 1 aliphatic rings. The van der Waals surface area contributed by atoms with Gasteiger partial charge in [0.1, 0.15) is 5.37 Å². The topological polar surface area (TPSA) is 42.7 Å². The molecule has 21 heavy (non-hydrogen) atoms. The lowest BCUT2D eigenvalue weighted by atomic mass is 10.2. The Bertz CT molecular complexity index is 787. The van der Waals surface area contributed by atoms with Gasteiger partial charge in [0.2, 0.25) is 5.16 Å². The van der Waals surface area contributed by atoms with Crippen LogP contribution in [0.2, 0.25) is 5.02 Å². The molecule has 1 atom stereocenters. The molecule has 0 saturated carbocycles. The summed E-state index contributed by atoms with van der Waals surface area (Å²) in [6.45, 7) is 0. The molecule has 3 aromatic rings. The highest BCUT2D eigenvalue weighted by Gasteiger charge is 2.29. The molecular weight excluding hydrogens is 304 g/mol. The number of hydrogen-bond donors (Lipinski definition) is 1. The summed E-state index contributed by atoms with van der Waals surface area (Å²) in [4.78, 5) is 0. The number of fused-ring (bicyclic) bond motifs is 1. The normalized spacial score (nSPS) is 16.5. The zero-order valence-electron chi connectivity index (χ0n) is 10.9. The largest absolute Gasteiger partial charge is 0.304 e. The van der Waals surface area contributed by atoms with E-state index in [4.69, 9.17) is 11.6 Å². The summed E-state index contributed by atoms with van der Waals surface area (Å²) < 4.78 is 1.92. The Kier molecular flexibility index (Phi) is 3.09. The zero-order valence-corrected chi connectivity index (χ0v) is 12.5. The van der Waals surface area contributed by atoms with Gasteiger partial charge in [-0.05, 0) is 6.07 Å². The van der Waals surface area contributed by atoms with Crippen molar-refractivity contribution in [2.45, 2.75) is 10.5 Å². The van der Waals surface area contributed by atoms with E-state index in [1.54, 1.807) is 11.8 Å². The fourth-order valence-corrected chi connectivity index (χ4v) is 3.65. The molecule has 0 radical (unpaired) electrons. The third-order valence-electron chi connectivity index (χ3n) is 3.32. The predicted molar refractivity (Wildman–Crippen MR) is 84.9 cm³/mol. The second kappa shape index (κ2) is 5.09. The van der Waals surface area contributed by atoms with Gasteiger partial charge in [0.05, 0.1) is 0 Å². The third-order valence-corrected chi connectivity index (χ3v) is 4.74. The smallest absolute Gasteiger partial charge is 0.212 e.